The molecule has 3 N–H and O–H groups in total. The fourth-order valence-electron chi connectivity index (χ4n) is 2.44. The molecule has 0 unspecified atom stereocenters. The van der Waals surface area contributed by atoms with Crippen LogP contribution in [-0.2, 0) is 9.59 Å². The van der Waals surface area contributed by atoms with Gasteiger partial charge in [-0.3, -0.25) is 9.59 Å². The highest BCUT2D eigenvalue weighted by Crippen LogP contribution is 2.24. The van der Waals surface area contributed by atoms with Crippen molar-refractivity contribution in [2.45, 2.75) is 39.7 Å². The molecule has 27 heavy (non-hydrogen) atoms. The SMILES string of the molecule is CCCC(=O)Nc1ccc(NC(=O)CNc2ccccc2OC(C)C)cc1. The Labute approximate surface area is 160 Å². The number of rotatable bonds is 9. The minimum atomic E-state index is -0.169. The van der Waals surface area contributed by atoms with E-state index in [0.29, 0.717) is 23.5 Å². The molecule has 0 radical (unpaired) electrons. The lowest BCUT2D eigenvalue weighted by Crippen LogP contribution is -2.22. The van der Waals surface area contributed by atoms with Crippen LogP contribution in [0.3, 0.4) is 0 Å². The topological polar surface area (TPSA) is 79.5 Å². The van der Waals surface area contributed by atoms with Gasteiger partial charge in [-0.2, -0.15) is 0 Å². The maximum atomic E-state index is 12.2. The molecule has 0 atom stereocenters. The van der Waals surface area contributed by atoms with Crippen molar-refractivity contribution in [3.63, 3.8) is 0 Å². The summed E-state index contributed by atoms with van der Waals surface area (Å²) < 4.78 is 5.73. The standard InChI is InChI=1S/C21H27N3O3/c1-4-7-20(25)23-16-10-12-17(13-11-16)24-21(26)14-22-18-8-5-6-9-19(18)27-15(2)3/h5-6,8-13,15,22H,4,7,14H2,1-3H3,(H,23,25)(H,24,26). The molecule has 2 aromatic rings. The van der Waals surface area contributed by atoms with E-state index in [-0.39, 0.29) is 24.5 Å². The van der Waals surface area contributed by atoms with E-state index in [2.05, 4.69) is 16.0 Å². The van der Waals surface area contributed by atoms with Crippen LogP contribution in [-0.4, -0.2) is 24.5 Å². The number of nitrogens with one attached hydrogen (secondary N) is 3. The van der Waals surface area contributed by atoms with Crippen LogP contribution in [0, 0.1) is 0 Å². The van der Waals surface area contributed by atoms with Gasteiger partial charge in [-0.05, 0) is 56.7 Å². The van der Waals surface area contributed by atoms with E-state index in [0.717, 1.165) is 12.1 Å². The molecule has 2 rings (SSSR count). The van der Waals surface area contributed by atoms with Gasteiger partial charge in [-0.15, -0.1) is 0 Å². The summed E-state index contributed by atoms with van der Waals surface area (Å²) in [5.74, 6) is 0.533. The van der Waals surface area contributed by atoms with Crippen molar-refractivity contribution < 1.29 is 14.3 Å². The molecule has 0 saturated carbocycles. The summed E-state index contributed by atoms with van der Waals surface area (Å²) in [6.07, 6.45) is 1.35. The van der Waals surface area contributed by atoms with E-state index in [4.69, 9.17) is 4.74 Å². The van der Waals surface area contributed by atoms with Gasteiger partial charge >= 0.3 is 0 Å². The quantitative estimate of drug-likeness (QED) is 0.617. The number of ether oxygens (including phenoxy) is 1. The van der Waals surface area contributed by atoms with E-state index < -0.39 is 0 Å². The number of carbonyl (C=O) groups is 2. The molecule has 0 bridgehead atoms. The lowest BCUT2D eigenvalue weighted by molar-refractivity contribution is -0.116. The minimum absolute atomic E-state index is 0.0132. The van der Waals surface area contributed by atoms with E-state index in [1.807, 2.05) is 45.0 Å². The van der Waals surface area contributed by atoms with Gasteiger partial charge in [-0.25, -0.2) is 0 Å². The molecule has 0 saturated heterocycles. The highest BCUT2D eigenvalue weighted by atomic mass is 16.5. The Hall–Kier alpha value is -3.02. The number of amides is 2. The summed E-state index contributed by atoms with van der Waals surface area (Å²) in [5.41, 5.74) is 2.15. The van der Waals surface area contributed by atoms with Crippen molar-refractivity contribution in [1.29, 1.82) is 0 Å². The van der Waals surface area contributed by atoms with Gasteiger partial charge in [0.15, 0.2) is 0 Å². The highest BCUT2D eigenvalue weighted by molar-refractivity contribution is 5.95. The van der Waals surface area contributed by atoms with Crippen molar-refractivity contribution in [2.75, 3.05) is 22.5 Å². The lowest BCUT2D eigenvalue weighted by Gasteiger charge is -2.15. The summed E-state index contributed by atoms with van der Waals surface area (Å²) in [6.45, 7) is 5.99. The second-order valence-electron chi connectivity index (χ2n) is 6.44. The molecule has 0 aliphatic carbocycles. The number of carbonyl (C=O) groups excluding carboxylic acids is 2. The first-order chi connectivity index (χ1) is 13.0. The van der Waals surface area contributed by atoms with Gasteiger partial charge in [-0.1, -0.05) is 19.1 Å². The second kappa shape index (κ2) is 10.2. The predicted molar refractivity (Wildman–Crippen MR) is 109 cm³/mol. The smallest absolute Gasteiger partial charge is 0.243 e. The molecule has 0 aromatic heterocycles. The Morgan fingerprint density at radius 2 is 1.52 bits per heavy atom. The first-order valence-electron chi connectivity index (χ1n) is 9.17. The number of hydrogen-bond donors (Lipinski definition) is 3. The van der Waals surface area contributed by atoms with Gasteiger partial charge in [0.25, 0.3) is 0 Å². The zero-order valence-corrected chi connectivity index (χ0v) is 16.0. The molecule has 2 amide bonds. The maximum absolute atomic E-state index is 12.2. The summed E-state index contributed by atoms with van der Waals surface area (Å²) >= 11 is 0. The number of benzene rings is 2. The number of para-hydroxylation sites is 2. The summed E-state index contributed by atoms with van der Waals surface area (Å²) in [7, 11) is 0. The fraction of sp³-hybridized carbons (Fsp3) is 0.333. The van der Waals surface area contributed by atoms with E-state index in [1.54, 1.807) is 24.3 Å². The fourth-order valence-corrected chi connectivity index (χ4v) is 2.44. The van der Waals surface area contributed by atoms with Gasteiger partial charge in [0.05, 0.1) is 18.3 Å². The van der Waals surface area contributed by atoms with E-state index in [1.165, 1.54) is 0 Å². The van der Waals surface area contributed by atoms with E-state index >= 15 is 0 Å². The Balaban J connectivity index is 1.86. The van der Waals surface area contributed by atoms with Crippen LogP contribution in [0.4, 0.5) is 17.1 Å². The number of anilines is 3. The second-order valence-corrected chi connectivity index (χ2v) is 6.44. The van der Waals surface area contributed by atoms with Crippen LogP contribution >= 0.6 is 0 Å². The molecular weight excluding hydrogens is 342 g/mol. The Bertz CT molecular complexity index is 758. The van der Waals surface area contributed by atoms with E-state index in [9.17, 15) is 9.59 Å². The zero-order chi connectivity index (χ0) is 19.6. The van der Waals surface area contributed by atoms with Gasteiger partial charge in [0.1, 0.15) is 5.75 Å². The summed E-state index contributed by atoms with van der Waals surface area (Å²) in [6, 6.07) is 14.6. The van der Waals surface area contributed by atoms with Crippen molar-refractivity contribution in [3.05, 3.63) is 48.5 Å². The molecular formula is C21H27N3O3. The summed E-state index contributed by atoms with van der Waals surface area (Å²) in [4.78, 5) is 23.8. The molecule has 6 nitrogen and oxygen atoms in total. The first kappa shape index (κ1) is 20.3. The van der Waals surface area contributed by atoms with Crippen LogP contribution in [0.2, 0.25) is 0 Å². The average molecular weight is 369 g/mol. The van der Waals surface area contributed by atoms with Crippen LogP contribution in [0.1, 0.15) is 33.6 Å². The highest BCUT2D eigenvalue weighted by Gasteiger charge is 2.08. The molecule has 0 heterocycles. The Morgan fingerprint density at radius 3 is 2.11 bits per heavy atom. The third-order valence-electron chi connectivity index (χ3n) is 3.62. The van der Waals surface area contributed by atoms with Crippen LogP contribution in [0.25, 0.3) is 0 Å². The Kier molecular flexibility index (Phi) is 7.67. The molecule has 144 valence electrons. The van der Waals surface area contributed by atoms with Gasteiger partial charge in [0, 0.05) is 17.8 Å². The first-order valence-corrected chi connectivity index (χ1v) is 9.17. The van der Waals surface area contributed by atoms with Crippen molar-refractivity contribution >= 4 is 28.9 Å². The average Bonchev–Trinajstić information content (AvgIpc) is 2.62. The van der Waals surface area contributed by atoms with Gasteiger partial charge in [0.2, 0.25) is 11.8 Å². The normalized spacial score (nSPS) is 10.4. The van der Waals surface area contributed by atoms with Crippen LogP contribution < -0.4 is 20.7 Å². The Morgan fingerprint density at radius 1 is 0.926 bits per heavy atom. The number of hydrogen-bond acceptors (Lipinski definition) is 4. The molecule has 2 aromatic carbocycles. The zero-order valence-electron chi connectivity index (χ0n) is 16.0. The van der Waals surface area contributed by atoms with Crippen molar-refractivity contribution in [2.24, 2.45) is 0 Å². The third kappa shape index (κ3) is 7.01. The lowest BCUT2D eigenvalue weighted by atomic mass is 10.2. The minimum Gasteiger partial charge on any atom is -0.489 e. The largest absolute Gasteiger partial charge is 0.489 e. The monoisotopic (exact) mass is 369 g/mol. The molecule has 0 spiro atoms. The van der Waals surface area contributed by atoms with Crippen molar-refractivity contribution in [1.82, 2.24) is 0 Å². The van der Waals surface area contributed by atoms with Crippen molar-refractivity contribution in [3.8, 4) is 5.75 Å². The summed E-state index contributed by atoms with van der Waals surface area (Å²) in [5, 5.41) is 8.73. The molecule has 6 heteroatoms. The van der Waals surface area contributed by atoms with Crippen LogP contribution in [0.5, 0.6) is 5.75 Å². The van der Waals surface area contributed by atoms with Gasteiger partial charge < -0.3 is 20.7 Å². The molecule has 0 fully saturated rings. The third-order valence-corrected chi connectivity index (χ3v) is 3.62. The molecule has 0 aliphatic rings. The molecule has 0 aliphatic heterocycles. The predicted octanol–water partition coefficient (Wildman–Crippen LogP) is 4.26. The maximum Gasteiger partial charge on any atom is 0.243 e. The van der Waals surface area contributed by atoms with Crippen LogP contribution in [0.15, 0.2) is 48.5 Å².